The minimum absolute atomic E-state index is 0.154. The number of piperazine rings is 1. The molecule has 3 aromatic rings. The number of hydrogen-bond acceptors (Lipinski definition) is 3. The summed E-state index contributed by atoms with van der Waals surface area (Å²) >= 11 is 0. The van der Waals surface area contributed by atoms with Crippen LogP contribution in [-0.2, 0) is 4.79 Å². The van der Waals surface area contributed by atoms with Gasteiger partial charge in [0.2, 0.25) is 5.91 Å². The summed E-state index contributed by atoms with van der Waals surface area (Å²) < 4.78 is 13.7. The fraction of sp³-hybridized carbons (Fsp3) is 0.269. The van der Waals surface area contributed by atoms with Crippen molar-refractivity contribution in [1.82, 2.24) is 9.80 Å². The van der Waals surface area contributed by atoms with Gasteiger partial charge in [-0.25, -0.2) is 4.39 Å². The van der Waals surface area contributed by atoms with Gasteiger partial charge in [0, 0.05) is 39.1 Å². The minimum atomic E-state index is -0.405. The van der Waals surface area contributed by atoms with Gasteiger partial charge in [-0.2, -0.15) is 0 Å². The van der Waals surface area contributed by atoms with Gasteiger partial charge in [0.25, 0.3) is 0 Å². The molecule has 5 heteroatoms. The topological polar surface area (TPSA) is 35.6 Å². The molecule has 1 aliphatic heterocycles. The van der Waals surface area contributed by atoms with Gasteiger partial charge in [0.1, 0.15) is 5.82 Å². The number of carbonyl (C=O) groups excluding carboxylic acids is 1. The Labute approximate surface area is 183 Å². The second-order valence-electron chi connectivity index (χ2n) is 7.88. The van der Waals surface area contributed by atoms with E-state index in [-0.39, 0.29) is 17.6 Å². The molecule has 0 saturated carbocycles. The Bertz CT molecular complexity index is 933. The van der Waals surface area contributed by atoms with E-state index >= 15 is 0 Å². The zero-order valence-corrected chi connectivity index (χ0v) is 17.6. The number of benzene rings is 3. The van der Waals surface area contributed by atoms with Crippen molar-refractivity contribution in [2.24, 2.45) is 0 Å². The lowest BCUT2D eigenvalue weighted by Crippen LogP contribution is -2.48. The molecule has 0 aliphatic carbocycles. The molecule has 0 bridgehead atoms. The van der Waals surface area contributed by atoms with Crippen LogP contribution in [-0.4, -0.2) is 48.4 Å². The number of halogens is 1. The predicted molar refractivity (Wildman–Crippen MR) is 122 cm³/mol. The molecule has 1 N–H and O–H groups in total. The van der Waals surface area contributed by atoms with Crippen molar-refractivity contribution in [2.75, 3.05) is 38.0 Å². The van der Waals surface area contributed by atoms with Gasteiger partial charge in [0.05, 0.1) is 11.7 Å². The van der Waals surface area contributed by atoms with Gasteiger partial charge in [-0.05, 0) is 23.3 Å². The molecule has 0 aromatic heterocycles. The van der Waals surface area contributed by atoms with Crippen LogP contribution in [0, 0.1) is 5.82 Å². The summed E-state index contributed by atoms with van der Waals surface area (Å²) in [4.78, 5) is 17.1. The van der Waals surface area contributed by atoms with Crippen LogP contribution in [0.15, 0.2) is 84.9 Å². The quantitative estimate of drug-likeness (QED) is 0.612. The predicted octanol–water partition coefficient (Wildman–Crippen LogP) is 4.56. The van der Waals surface area contributed by atoms with E-state index in [9.17, 15) is 9.18 Å². The Morgan fingerprint density at radius 3 is 1.94 bits per heavy atom. The van der Waals surface area contributed by atoms with Crippen LogP contribution in [0.1, 0.15) is 23.6 Å². The number of para-hydroxylation sites is 1. The summed E-state index contributed by atoms with van der Waals surface area (Å²) in [5.74, 6) is -0.559. The lowest BCUT2D eigenvalue weighted by Gasteiger charge is -2.39. The highest BCUT2D eigenvalue weighted by molar-refractivity contribution is 5.90. The average Bonchev–Trinajstić information content (AvgIpc) is 2.82. The summed E-state index contributed by atoms with van der Waals surface area (Å²) in [7, 11) is 0. The molecule has 4 rings (SSSR count). The summed E-state index contributed by atoms with van der Waals surface area (Å²) in [5.41, 5.74) is 2.84. The highest BCUT2D eigenvalue weighted by atomic mass is 19.1. The molecule has 1 amide bonds. The molecule has 31 heavy (non-hydrogen) atoms. The molecule has 4 nitrogen and oxygen atoms in total. The van der Waals surface area contributed by atoms with Crippen molar-refractivity contribution in [3.63, 3.8) is 0 Å². The van der Waals surface area contributed by atoms with Crippen molar-refractivity contribution in [3.05, 3.63) is 102 Å². The molecule has 0 radical (unpaired) electrons. The Balaban J connectivity index is 1.33. The molecule has 0 atom stereocenters. The highest BCUT2D eigenvalue weighted by Crippen LogP contribution is 2.29. The summed E-state index contributed by atoms with van der Waals surface area (Å²) in [5, 5.41) is 2.67. The standard InChI is InChI=1S/C26H28FN3O/c27-23-13-7-8-14-24(23)28-25(31)15-16-29-17-19-30(20-18-29)26(21-9-3-1-4-10-21)22-11-5-2-6-12-22/h1-14,26H,15-20H2,(H,28,31). The monoisotopic (exact) mass is 417 g/mol. The van der Waals surface area contributed by atoms with Crippen molar-refractivity contribution in [1.29, 1.82) is 0 Å². The zero-order valence-electron chi connectivity index (χ0n) is 17.6. The number of rotatable bonds is 7. The van der Waals surface area contributed by atoms with Crippen LogP contribution < -0.4 is 5.32 Å². The second kappa shape index (κ2) is 10.3. The van der Waals surface area contributed by atoms with Gasteiger partial charge < -0.3 is 10.2 Å². The van der Waals surface area contributed by atoms with Gasteiger partial charge in [-0.15, -0.1) is 0 Å². The van der Waals surface area contributed by atoms with Crippen molar-refractivity contribution >= 4 is 11.6 Å². The Hall–Kier alpha value is -3.02. The third-order valence-electron chi connectivity index (χ3n) is 5.81. The smallest absolute Gasteiger partial charge is 0.225 e. The lowest BCUT2D eigenvalue weighted by molar-refractivity contribution is -0.116. The third-order valence-corrected chi connectivity index (χ3v) is 5.81. The molecule has 0 unspecified atom stereocenters. The third kappa shape index (κ3) is 5.57. The number of nitrogens with one attached hydrogen (secondary N) is 1. The first-order valence-corrected chi connectivity index (χ1v) is 10.8. The van der Waals surface area contributed by atoms with Crippen LogP contribution in [0.5, 0.6) is 0 Å². The van der Waals surface area contributed by atoms with E-state index in [0.29, 0.717) is 13.0 Å². The molecule has 1 heterocycles. The van der Waals surface area contributed by atoms with Crippen molar-refractivity contribution in [2.45, 2.75) is 12.5 Å². The van der Waals surface area contributed by atoms with Crippen molar-refractivity contribution in [3.8, 4) is 0 Å². The Morgan fingerprint density at radius 1 is 0.806 bits per heavy atom. The lowest BCUT2D eigenvalue weighted by atomic mass is 9.96. The summed E-state index contributed by atoms with van der Waals surface area (Å²) in [6.07, 6.45) is 0.356. The number of carbonyl (C=O) groups is 1. The van der Waals surface area contributed by atoms with E-state index in [1.807, 2.05) is 0 Å². The van der Waals surface area contributed by atoms with E-state index in [4.69, 9.17) is 0 Å². The minimum Gasteiger partial charge on any atom is -0.324 e. The SMILES string of the molecule is O=C(CCN1CCN(C(c2ccccc2)c2ccccc2)CC1)Nc1ccccc1F. The Kier molecular flexibility index (Phi) is 7.07. The average molecular weight is 418 g/mol. The fourth-order valence-electron chi connectivity index (χ4n) is 4.16. The number of anilines is 1. The number of amides is 1. The highest BCUT2D eigenvalue weighted by Gasteiger charge is 2.26. The maximum absolute atomic E-state index is 13.7. The van der Waals surface area contributed by atoms with Crippen LogP contribution in [0.25, 0.3) is 0 Å². The first-order valence-electron chi connectivity index (χ1n) is 10.8. The number of nitrogens with zero attached hydrogens (tertiary/aromatic N) is 2. The van der Waals surface area contributed by atoms with Crippen LogP contribution in [0.4, 0.5) is 10.1 Å². The number of hydrogen-bond donors (Lipinski definition) is 1. The summed E-state index contributed by atoms with van der Waals surface area (Å²) in [6, 6.07) is 27.7. The first kappa shape index (κ1) is 21.2. The van der Waals surface area contributed by atoms with E-state index in [0.717, 1.165) is 26.2 Å². The molecule has 0 spiro atoms. The molecular formula is C26H28FN3O. The maximum Gasteiger partial charge on any atom is 0.225 e. The van der Waals surface area contributed by atoms with Gasteiger partial charge in [-0.3, -0.25) is 9.69 Å². The van der Waals surface area contributed by atoms with Crippen molar-refractivity contribution < 1.29 is 9.18 Å². The van der Waals surface area contributed by atoms with Gasteiger partial charge >= 0.3 is 0 Å². The zero-order chi connectivity index (χ0) is 21.5. The van der Waals surface area contributed by atoms with E-state index in [2.05, 4.69) is 75.8 Å². The van der Waals surface area contributed by atoms with E-state index in [1.165, 1.54) is 17.2 Å². The van der Waals surface area contributed by atoms with Gasteiger partial charge in [0.15, 0.2) is 0 Å². The summed E-state index contributed by atoms with van der Waals surface area (Å²) in [6.45, 7) is 4.36. The largest absolute Gasteiger partial charge is 0.324 e. The molecule has 1 fully saturated rings. The fourth-order valence-corrected chi connectivity index (χ4v) is 4.16. The van der Waals surface area contributed by atoms with Crippen LogP contribution in [0.3, 0.4) is 0 Å². The Morgan fingerprint density at radius 2 is 1.35 bits per heavy atom. The molecule has 160 valence electrons. The molecule has 1 aliphatic rings. The maximum atomic E-state index is 13.7. The molecular weight excluding hydrogens is 389 g/mol. The molecule has 3 aromatic carbocycles. The van der Waals surface area contributed by atoms with E-state index < -0.39 is 5.82 Å². The van der Waals surface area contributed by atoms with E-state index in [1.54, 1.807) is 18.2 Å². The first-order chi connectivity index (χ1) is 15.2. The van der Waals surface area contributed by atoms with Crippen LogP contribution >= 0.6 is 0 Å². The van der Waals surface area contributed by atoms with Crippen LogP contribution in [0.2, 0.25) is 0 Å². The molecule has 1 saturated heterocycles. The normalized spacial score (nSPS) is 15.2. The van der Waals surface area contributed by atoms with Gasteiger partial charge in [-0.1, -0.05) is 72.8 Å². The second-order valence-corrected chi connectivity index (χ2v) is 7.88.